The highest BCUT2D eigenvalue weighted by molar-refractivity contribution is 7.92. The van der Waals surface area contributed by atoms with E-state index in [1.54, 1.807) is 49.4 Å². The number of hydrazone groups is 1. The maximum absolute atomic E-state index is 13.4. The molecule has 0 atom stereocenters. The molecule has 0 saturated heterocycles. The highest BCUT2D eigenvalue weighted by Crippen LogP contribution is 2.37. The predicted molar refractivity (Wildman–Crippen MR) is 153 cm³/mol. The van der Waals surface area contributed by atoms with Crippen LogP contribution in [0.5, 0.6) is 0 Å². The molecular weight excluding hydrogens is 611 g/mol. The van der Waals surface area contributed by atoms with Crippen molar-refractivity contribution in [3.8, 4) is 11.3 Å². The fourth-order valence-electron chi connectivity index (χ4n) is 3.80. The second-order valence-corrected chi connectivity index (χ2v) is 11.1. The Balaban J connectivity index is 1.52. The van der Waals surface area contributed by atoms with Crippen LogP contribution in [0.2, 0.25) is 5.02 Å². The van der Waals surface area contributed by atoms with E-state index in [9.17, 15) is 31.2 Å². The molecule has 0 aliphatic heterocycles. The summed E-state index contributed by atoms with van der Waals surface area (Å²) in [5, 5.41) is 3.46. The summed E-state index contributed by atoms with van der Waals surface area (Å²) in [6.07, 6.45) is -3.64. The lowest BCUT2D eigenvalue weighted by molar-refractivity contribution is -0.137. The number of nitrogens with one attached hydrogen (secondary N) is 1. The first-order valence-corrected chi connectivity index (χ1v) is 14.4. The van der Waals surface area contributed by atoms with Crippen LogP contribution in [-0.2, 0) is 25.7 Å². The van der Waals surface area contributed by atoms with Crippen molar-refractivity contribution in [2.45, 2.75) is 18.0 Å². The lowest BCUT2D eigenvalue weighted by Crippen LogP contribution is -2.39. The van der Waals surface area contributed by atoms with Crippen LogP contribution >= 0.6 is 11.6 Å². The molecule has 0 bridgehead atoms. The van der Waals surface area contributed by atoms with Crippen molar-refractivity contribution in [2.75, 3.05) is 17.5 Å². The van der Waals surface area contributed by atoms with Gasteiger partial charge in [0, 0.05) is 5.56 Å². The van der Waals surface area contributed by atoms with Gasteiger partial charge in [-0.15, -0.1) is 0 Å². The number of amides is 1. The van der Waals surface area contributed by atoms with Gasteiger partial charge in [-0.25, -0.2) is 18.6 Å². The van der Waals surface area contributed by atoms with Crippen LogP contribution in [0.1, 0.15) is 28.6 Å². The Morgan fingerprint density at radius 2 is 1.72 bits per heavy atom. The maximum atomic E-state index is 13.4. The van der Waals surface area contributed by atoms with Gasteiger partial charge in [-0.2, -0.15) is 18.3 Å². The van der Waals surface area contributed by atoms with Crippen molar-refractivity contribution in [3.05, 3.63) is 107 Å². The zero-order chi connectivity index (χ0) is 31.2. The van der Waals surface area contributed by atoms with Crippen LogP contribution < -0.4 is 9.73 Å². The third-order valence-corrected chi connectivity index (χ3v) is 7.94. The number of esters is 1. The molecule has 1 amide bonds. The van der Waals surface area contributed by atoms with Gasteiger partial charge in [-0.3, -0.25) is 9.10 Å². The number of anilines is 1. The van der Waals surface area contributed by atoms with Gasteiger partial charge in [-0.05, 0) is 61.5 Å². The van der Waals surface area contributed by atoms with E-state index in [-0.39, 0.29) is 22.3 Å². The second-order valence-electron chi connectivity index (χ2n) is 8.78. The highest BCUT2D eigenvalue weighted by Gasteiger charge is 2.34. The summed E-state index contributed by atoms with van der Waals surface area (Å²) < 4.78 is 78.2. The quantitative estimate of drug-likeness (QED) is 0.127. The smallest absolute Gasteiger partial charge is 0.416 e. The number of alkyl halides is 3. The third-order valence-electron chi connectivity index (χ3n) is 5.85. The number of sulfonamides is 1. The van der Waals surface area contributed by atoms with Crippen molar-refractivity contribution in [1.82, 2.24) is 5.43 Å². The number of benzene rings is 3. The van der Waals surface area contributed by atoms with Crippen molar-refractivity contribution in [3.63, 3.8) is 0 Å². The monoisotopic (exact) mass is 633 g/mol. The molecule has 3 aromatic carbocycles. The van der Waals surface area contributed by atoms with Crippen molar-refractivity contribution in [2.24, 2.45) is 5.10 Å². The van der Waals surface area contributed by atoms with Crippen LogP contribution in [0.3, 0.4) is 0 Å². The first-order valence-electron chi connectivity index (χ1n) is 12.5. The van der Waals surface area contributed by atoms with E-state index in [0.717, 1.165) is 12.3 Å². The number of hydrogen-bond acceptors (Lipinski definition) is 7. The zero-order valence-electron chi connectivity index (χ0n) is 22.3. The molecule has 0 unspecified atom stereocenters. The first-order chi connectivity index (χ1) is 20.4. The Morgan fingerprint density at radius 3 is 2.37 bits per heavy atom. The third kappa shape index (κ3) is 7.62. The molecule has 0 aliphatic carbocycles. The van der Waals surface area contributed by atoms with E-state index in [2.05, 4.69) is 10.5 Å². The molecule has 9 nitrogen and oxygen atoms in total. The van der Waals surface area contributed by atoms with Gasteiger partial charge in [0.1, 0.15) is 18.1 Å². The van der Waals surface area contributed by atoms with E-state index >= 15 is 0 Å². The largest absolute Gasteiger partial charge is 0.462 e. The van der Waals surface area contributed by atoms with Gasteiger partial charge in [-0.1, -0.05) is 41.9 Å². The van der Waals surface area contributed by atoms with Crippen molar-refractivity contribution >= 4 is 45.4 Å². The molecule has 1 aromatic heterocycles. The van der Waals surface area contributed by atoms with E-state index in [0.29, 0.717) is 33.3 Å². The summed E-state index contributed by atoms with van der Waals surface area (Å²) in [6.45, 7) is 1.01. The van der Waals surface area contributed by atoms with Gasteiger partial charge < -0.3 is 9.15 Å². The molecular formula is C29H23ClF3N3O6S. The minimum absolute atomic E-state index is 0.222. The molecule has 43 heavy (non-hydrogen) atoms. The van der Waals surface area contributed by atoms with Crippen LogP contribution in [-0.4, -0.2) is 39.7 Å². The molecule has 0 spiro atoms. The lowest BCUT2D eigenvalue weighted by Gasteiger charge is -2.25. The number of carbonyl (C=O) groups excluding carboxylic acids is 2. The molecule has 1 N–H and O–H groups in total. The number of carbonyl (C=O) groups is 2. The molecule has 4 aromatic rings. The molecule has 0 saturated carbocycles. The predicted octanol–water partition coefficient (Wildman–Crippen LogP) is 6.14. The second kappa shape index (κ2) is 13.1. The minimum atomic E-state index is -4.79. The van der Waals surface area contributed by atoms with E-state index in [1.165, 1.54) is 24.3 Å². The summed E-state index contributed by atoms with van der Waals surface area (Å²) in [7, 11) is -4.53. The van der Waals surface area contributed by atoms with E-state index < -0.39 is 45.9 Å². The first kappa shape index (κ1) is 31.3. The van der Waals surface area contributed by atoms with Crippen LogP contribution in [0.15, 0.2) is 99.3 Å². The molecule has 0 radical (unpaired) electrons. The molecule has 224 valence electrons. The summed E-state index contributed by atoms with van der Waals surface area (Å²) in [5.41, 5.74) is 1.48. The summed E-state index contributed by atoms with van der Waals surface area (Å²) >= 11 is 6.12. The minimum Gasteiger partial charge on any atom is -0.462 e. The average molecular weight is 634 g/mol. The summed E-state index contributed by atoms with van der Waals surface area (Å²) in [4.78, 5) is 24.3. The molecule has 0 aliphatic rings. The number of hydrogen-bond donors (Lipinski definition) is 1. The fourth-order valence-corrected chi connectivity index (χ4v) is 5.52. The highest BCUT2D eigenvalue weighted by atomic mass is 35.5. The molecule has 1 heterocycles. The SMILES string of the molecule is CCOC(=O)c1ccc(-c2ccc(/C=N\NC(=O)CN(c3cc(C(F)(F)F)ccc3Cl)S(=O)(=O)c3ccccc3)o2)cc1. The normalized spacial score (nSPS) is 11.8. The van der Waals surface area contributed by atoms with Gasteiger partial charge >= 0.3 is 12.1 Å². The van der Waals surface area contributed by atoms with Crippen LogP contribution in [0.25, 0.3) is 11.3 Å². The van der Waals surface area contributed by atoms with Crippen LogP contribution in [0, 0.1) is 0 Å². The standard InChI is InChI=1S/C29H23ClF3N3O6S/c1-2-41-28(38)20-10-8-19(9-11-20)26-15-13-22(42-26)17-34-35-27(37)18-36(43(39,40)23-6-4-3-5-7-23)25-16-21(29(31,32)33)12-14-24(25)30/h3-17H,2,18H2,1H3,(H,35,37)/b34-17-. The summed E-state index contributed by atoms with van der Waals surface area (Å²) in [5.74, 6) is -0.768. The number of furan rings is 1. The Bertz CT molecular complexity index is 1740. The Labute approximate surface area is 249 Å². The molecule has 14 heteroatoms. The number of rotatable bonds is 10. The van der Waals surface area contributed by atoms with Gasteiger partial charge in [0.15, 0.2) is 0 Å². The summed E-state index contributed by atoms with van der Waals surface area (Å²) in [6, 6.07) is 18.7. The van der Waals surface area contributed by atoms with E-state index in [1.807, 2.05) is 0 Å². The van der Waals surface area contributed by atoms with Gasteiger partial charge in [0.2, 0.25) is 0 Å². The van der Waals surface area contributed by atoms with Gasteiger partial charge in [0.25, 0.3) is 15.9 Å². The topological polar surface area (TPSA) is 118 Å². The number of nitrogens with zero attached hydrogens (tertiary/aromatic N) is 2. The number of halogens is 4. The Morgan fingerprint density at radius 1 is 1.02 bits per heavy atom. The van der Waals surface area contributed by atoms with Crippen molar-refractivity contribution < 1.29 is 40.3 Å². The molecule has 4 rings (SSSR count). The maximum Gasteiger partial charge on any atom is 0.416 e. The van der Waals surface area contributed by atoms with E-state index in [4.69, 9.17) is 20.8 Å². The van der Waals surface area contributed by atoms with Crippen molar-refractivity contribution in [1.29, 1.82) is 0 Å². The van der Waals surface area contributed by atoms with Gasteiger partial charge in [0.05, 0.1) is 39.6 Å². The average Bonchev–Trinajstić information content (AvgIpc) is 3.45. The zero-order valence-corrected chi connectivity index (χ0v) is 23.9. The lowest BCUT2D eigenvalue weighted by atomic mass is 10.1. The number of ether oxygens (including phenoxy) is 1. The van der Waals surface area contributed by atoms with Crippen LogP contribution in [0.4, 0.5) is 18.9 Å². The molecule has 0 fully saturated rings. The Hall–Kier alpha value is -4.62. The fraction of sp³-hybridized carbons (Fsp3) is 0.138. The Kier molecular flexibility index (Phi) is 9.56.